The Kier molecular flexibility index (Phi) is 3.53. The summed E-state index contributed by atoms with van der Waals surface area (Å²) in [5, 5.41) is 8.07. The van der Waals surface area contributed by atoms with Gasteiger partial charge in [-0.05, 0) is 23.9 Å². The molecule has 0 fully saturated rings. The molecular weight excluding hydrogens is 238 g/mol. The van der Waals surface area contributed by atoms with Gasteiger partial charge in [-0.2, -0.15) is 0 Å². The molecule has 0 saturated heterocycles. The van der Waals surface area contributed by atoms with E-state index in [0.717, 1.165) is 4.90 Å². The first-order valence-corrected chi connectivity index (χ1v) is 5.98. The van der Waals surface area contributed by atoms with E-state index in [2.05, 4.69) is 15.2 Å². The first kappa shape index (κ1) is 11.8. The molecule has 0 bridgehead atoms. The molecule has 0 aromatic carbocycles. The van der Waals surface area contributed by atoms with Crippen LogP contribution in [-0.4, -0.2) is 21.0 Å². The Hall–Kier alpha value is -1.69. The van der Waals surface area contributed by atoms with Crippen molar-refractivity contribution >= 4 is 17.5 Å². The third-order valence-electron chi connectivity index (χ3n) is 2.06. The summed E-state index contributed by atoms with van der Waals surface area (Å²) in [7, 11) is 0. The number of aromatic nitrogens is 3. The molecule has 0 unspecified atom stereocenters. The highest BCUT2D eigenvalue weighted by Crippen LogP contribution is 2.25. The molecule has 2 aromatic rings. The maximum Gasteiger partial charge on any atom is 0.281 e. The minimum absolute atomic E-state index is 0.0372. The summed E-state index contributed by atoms with van der Waals surface area (Å²) in [6, 6.07) is 3.53. The van der Waals surface area contributed by atoms with E-state index in [-0.39, 0.29) is 5.78 Å². The zero-order valence-electron chi connectivity index (χ0n) is 9.51. The van der Waals surface area contributed by atoms with Gasteiger partial charge in [0, 0.05) is 24.4 Å². The van der Waals surface area contributed by atoms with Crippen molar-refractivity contribution < 1.29 is 9.21 Å². The predicted molar refractivity (Wildman–Crippen MR) is 62.0 cm³/mol. The van der Waals surface area contributed by atoms with Gasteiger partial charge < -0.3 is 4.42 Å². The van der Waals surface area contributed by atoms with Crippen LogP contribution in [0, 0.1) is 6.92 Å². The highest BCUT2D eigenvalue weighted by Gasteiger charge is 2.07. The van der Waals surface area contributed by atoms with Crippen molar-refractivity contribution in [3.05, 3.63) is 29.9 Å². The van der Waals surface area contributed by atoms with Gasteiger partial charge in [0.1, 0.15) is 5.69 Å². The number of carbonyl (C=O) groups is 1. The van der Waals surface area contributed by atoms with Gasteiger partial charge in [-0.25, -0.2) is 0 Å². The topological polar surface area (TPSA) is 68.9 Å². The van der Waals surface area contributed by atoms with Crippen molar-refractivity contribution in [2.24, 2.45) is 0 Å². The van der Waals surface area contributed by atoms with Crippen LogP contribution in [0.2, 0.25) is 0 Å². The smallest absolute Gasteiger partial charge is 0.281 e. The maximum absolute atomic E-state index is 11.4. The SMILES string of the molecule is CCC(=O)c1ccc(Sc2nnc(C)o2)cn1. The lowest BCUT2D eigenvalue weighted by molar-refractivity contribution is 0.0983. The minimum Gasteiger partial charge on any atom is -0.416 e. The lowest BCUT2D eigenvalue weighted by Gasteiger charge is -1.98. The monoisotopic (exact) mass is 249 g/mol. The Morgan fingerprint density at radius 2 is 2.24 bits per heavy atom. The number of ketones is 1. The molecule has 17 heavy (non-hydrogen) atoms. The van der Waals surface area contributed by atoms with Crippen LogP contribution in [0.5, 0.6) is 0 Å². The average molecular weight is 249 g/mol. The lowest BCUT2D eigenvalue weighted by Crippen LogP contribution is -1.99. The third kappa shape index (κ3) is 2.91. The molecular formula is C11H11N3O2S. The number of hydrogen-bond donors (Lipinski definition) is 0. The molecule has 0 radical (unpaired) electrons. The number of hydrogen-bond acceptors (Lipinski definition) is 6. The first-order chi connectivity index (χ1) is 8.19. The van der Waals surface area contributed by atoms with E-state index in [9.17, 15) is 4.79 Å². The van der Waals surface area contributed by atoms with Gasteiger partial charge in [0.2, 0.25) is 5.89 Å². The van der Waals surface area contributed by atoms with Crippen LogP contribution in [0.3, 0.4) is 0 Å². The van der Waals surface area contributed by atoms with Crippen LogP contribution >= 0.6 is 11.8 Å². The zero-order valence-corrected chi connectivity index (χ0v) is 10.3. The molecule has 88 valence electrons. The van der Waals surface area contributed by atoms with E-state index >= 15 is 0 Å². The highest BCUT2D eigenvalue weighted by atomic mass is 32.2. The second kappa shape index (κ2) is 5.09. The minimum atomic E-state index is 0.0372. The summed E-state index contributed by atoms with van der Waals surface area (Å²) >= 11 is 1.32. The first-order valence-electron chi connectivity index (χ1n) is 5.16. The van der Waals surface area contributed by atoms with Gasteiger partial charge in [-0.1, -0.05) is 6.92 Å². The average Bonchev–Trinajstić information content (AvgIpc) is 2.75. The normalized spacial score (nSPS) is 10.5. The molecule has 0 aliphatic heterocycles. The highest BCUT2D eigenvalue weighted by molar-refractivity contribution is 7.99. The Balaban J connectivity index is 2.10. The molecule has 0 atom stereocenters. The van der Waals surface area contributed by atoms with Gasteiger partial charge in [0.05, 0.1) is 0 Å². The number of Topliss-reactive ketones (excluding diaryl/α,β-unsaturated/α-hetero) is 1. The van der Waals surface area contributed by atoms with Gasteiger partial charge in [-0.3, -0.25) is 9.78 Å². The van der Waals surface area contributed by atoms with E-state index in [4.69, 9.17) is 4.42 Å². The van der Waals surface area contributed by atoms with Crippen LogP contribution in [0.15, 0.2) is 32.9 Å². The summed E-state index contributed by atoms with van der Waals surface area (Å²) in [6.45, 7) is 3.55. The molecule has 0 aliphatic carbocycles. The van der Waals surface area contributed by atoms with E-state index in [1.807, 2.05) is 13.0 Å². The van der Waals surface area contributed by atoms with Crippen LogP contribution < -0.4 is 0 Å². The number of rotatable bonds is 4. The molecule has 2 heterocycles. The van der Waals surface area contributed by atoms with Gasteiger partial charge >= 0.3 is 0 Å². The van der Waals surface area contributed by atoms with Crippen LogP contribution in [0.4, 0.5) is 0 Å². The van der Waals surface area contributed by atoms with Gasteiger partial charge in [-0.15, -0.1) is 10.2 Å². The lowest BCUT2D eigenvalue weighted by atomic mass is 10.2. The third-order valence-corrected chi connectivity index (χ3v) is 2.87. The Bertz CT molecular complexity index is 522. The molecule has 2 rings (SSSR count). The Morgan fingerprint density at radius 3 is 2.76 bits per heavy atom. The molecule has 6 heteroatoms. The quantitative estimate of drug-likeness (QED) is 0.775. The molecule has 0 spiro atoms. The molecule has 0 N–H and O–H groups in total. The summed E-state index contributed by atoms with van der Waals surface area (Å²) in [4.78, 5) is 16.3. The number of nitrogens with zero attached hydrogens (tertiary/aromatic N) is 3. The second-order valence-electron chi connectivity index (χ2n) is 3.34. The summed E-state index contributed by atoms with van der Waals surface area (Å²) in [5.41, 5.74) is 0.485. The van der Waals surface area contributed by atoms with Crippen molar-refractivity contribution in [3.63, 3.8) is 0 Å². The Morgan fingerprint density at radius 1 is 1.41 bits per heavy atom. The largest absolute Gasteiger partial charge is 0.416 e. The van der Waals surface area contributed by atoms with Crippen molar-refractivity contribution in [1.29, 1.82) is 0 Å². The fraction of sp³-hybridized carbons (Fsp3) is 0.273. The van der Waals surface area contributed by atoms with Crippen molar-refractivity contribution in [3.8, 4) is 0 Å². The fourth-order valence-corrected chi connectivity index (χ4v) is 1.89. The van der Waals surface area contributed by atoms with Crippen LogP contribution in [0.1, 0.15) is 29.7 Å². The van der Waals surface area contributed by atoms with Crippen molar-refractivity contribution in [1.82, 2.24) is 15.2 Å². The molecule has 5 nitrogen and oxygen atoms in total. The van der Waals surface area contributed by atoms with Crippen molar-refractivity contribution in [2.45, 2.75) is 30.4 Å². The number of carbonyl (C=O) groups excluding carboxylic acids is 1. The van der Waals surface area contributed by atoms with Crippen LogP contribution in [-0.2, 0) is 0 Å². The van der Waals surface area contributed by atoms with Crippen molar-refractivity contribution in [2.75, 3.05) is 0 Å². The van der Waals surface area contributed by atoms with E-state index < -0.39 is 0 Å². The zero-order chi connectivity index (χ0) is 12.3. The van der Waals surface area contributed by atoms with E-state index in [0.29, 0.717) is 23.2 Å². The van der Waals surface area contributed by atoms with Crippen LogP contribution in [0.25, 0.3) is 0 Å². The maximum atomic E-state index is 11.4. The standard InChI is InChI=1S/C11H11N3O2S/c1-3-10(15)9-5-4-8(6-12-9)17-11-14-13-7(2)16-11/h4-6H,3H2,1-2H3. The summed E-state index contributed by atoms with van der Waals surface area (Å²) in [6.07, 6.45) is 2.09. The fourth-order valence-electron chi connectivity index (χ4n) is 1.21. The number of aryl methyl sites for hydroxylation is 1. The van der Waals surface area contributed by atoms with E-state index in [1.54, 1.807) is 19.2 Å². The molecule has 0 amide bonds. The van der Waals surface area contributed by atoms with E-state index in [1.165, 1.54) is 11.8 Å². The summed E-state index contributed by atoms with van der Waals surface area (Å²) < 4.78 is 5.23. The molecule has 2 aromatic heterocycles. The molecule has 0 aliphatic rings. The Labute approximate surface area is 103 Å². The van der Waals surface area contributed by atoms with Gasteiger partial charge in [0.15, 0.2) is 5.78 Å². The number of pyridine rings is 1. The van der Waals surface area contributed by atoms with Gasteiger partial charge in [0.25, 0.3) is 5.22 Å². The summed E-state index contributed by atoms with van der Waals surface area (Å²) in [5.74, 6) is 0.563. The predicted octanol–water partition coefficient (Wildman–Crippen LogP) is 2.52. The second-order valence-corrected chi connectivity index (χ2v) is 4.37. The molecule has 0 saturated carbocycles.